The maximum atomic E-state index is 12.1. The summed E-state index contributed by atoms with van der Waals surface area (Å²) in [7, 11) is 1.27. The van der Waals surface area contributed by atoms with Crippen LogP contribution in [-0.2, 0) is 4.74 Å². The summed E-state index contributed by atoms with van der Waals surface area (Å²) >= 11 is 5.99. The molecule has 0 bridgehead atoms. The number of aromatic nitrogens is 2. The number of nitrogens with two attached hydrogens (primary N) is 1. The third-order valence-corrected chi connectivity index (χ3v) is 3.17. The van der Waals surface area contributed by atoms with Crippen LogP contribution >= 0.6 is 11.6 Å². The van der Waals surface area contributed by atoms with Gasteiger partial charge in [0.2, 0.25) is 0 Å². The van der Waals surface area contributed by atoms with E-state index in [1.54, 1.807) is 6.92 Å². The number of benzene rings is 1. The minimum absolute atomic E-state index is 0.0621. The molecule has 0 aliphatic rings. The zero-order valence-electron chi connectivity index (χ0n) is 11.4. The molecule has 1 amide bonds. The largest absolute Gasteiger partial charge is 0.465 e. The third-order valence-electron chi connectivity index (χ3n) is 2.85. The zero-order valence-corrected chi connectivity index (χ0v) is 12.1. The summed E-state index contributed by atoms with van der Waals surface area (Å²) in [5.41, 5.74) is 7.18. The van der Waals surface area contributed by atoms with E-state index in [4.69, 9.17) is 17.3 Å². The average molecular weight is 309 g/mol. The number of aryl methyl sites for hydroxylation is 1. The number of nitrogens with zero attached hydrogens (tertiary/aromatic N) is 1. The van der Waals surface area contributed by atoms with Gasteiger partial charge in [0, 0.05) is 0 Å². The molecule has 110 valence electrons. The van der Waals surface area contributed by atoms with Gasteiger partial charge in [-0.15, -0.1) is 0 Å². The molecule has 2 aromatic rings. The maximum absolute atomic E-state index is 12.1. The number of hydrogen-bond donors (Lipinski definition) is 3. The number of nitrogen functional groups attached to an aromatic ring is 1. The third kappa shape index (κ3) is 2.97. The highest BCUT2D eigenvalue weighted by molar-refractivity contribution is 6.34. The predicted molar refractivity (Wildman–Crippen MR) is 78.5 cm³/mol. The summed E-state index contributed by atoms with van der Waals surface area (Å²) in [6, 6.07) is 4.40. The Morgan fingerprint density at radius 2 is 2.14 bits per heavy atom. The summed E-state index contributed by atoms with van der Waals surface area (Å²) in [6.07, 6.45) is 0. The van der Waals surface area contributed by atoms with Crippen LogP contribution in [0.4, 0.5) is 11.4 Å². The van der Waals surface area contributed by atoms with Gasteiger partial charge in [-0.25, -0.2) is 4.79 Å². The summed E-state index contributed by atoms with van der Waals surface area (Å²) in [6.45, 7) is 1.70. The van der Waals surface area contributed by atoms with E-state index in [0.29, 0.717) is 5.69 Å². The van der Waals surface area contributed by atoms with Crippen molar-refractivity contribution in [1.82, 2.24) is 10.2 Å². The smallest absolute Gasteiger partial charge is 0.337 e. The van der Waals surface area contributed by atoms with Crippen molar-refractivity contribution in [3.63, 3.8) is 0 Å². The van der Waals surface area contributed by atoms with E-state index in [1.807, 2.05) is 0 Å². The molecule has 0 fully saturated rings. The van der Waals surface area contributed by atoms with E-state index in [9.17, 15) is 9.59 Å². The Balaban J connectivity index is 2.28. The van der Waals surface area contributed by atoms with Crippen LogP contribution in [-0.4, -0.2) is 29.2 Å². The lowest BCUT2D eigenvalue weighted by atomic mass is 10.2. The molecular formula is C13H13ClN4O3. The fraction of sp³-hybridized carbons (Fsp3) is 0.154. The van der Waals surface area contributed by atoms with Crippen LogP contribution in [0.15, 0.2) is 18.2 Å². The summed E-state index contributed by atoms with van der Waals surface area (Å²) in [4.78, 5) is 23.6. The highest BCUT2D eigenvalue weighted by atomic mass is 35.5. The fourth-order valence-electron chi connectivity index (χ4n) is 1.66. The molecule has 0 radical (unpaired) electrons. The number of amides is 1. The van der Waals surface area contributed by atoms with Gasteiger partial charge in [0.25, 0.3) is 5.91 Å². The molecule has 0 aliphatic heterocycles. The SMILES string of the molecule is COC(=O)c1ccc(Cl)c(NC(=O)c2n[nH]c(C)c2N)c1. The predicted octanol–water partition coefficient (Wildman–Crippen LogP) is 1.99. The van der Waals surface area contributed by atoms with Crippen molar-refractivity contribution in [2.75, 3.05) is 18.2 Å². The van der Waals surface area contributed by atoms with E-state index in [0.717, 1.165) is 0 Å². The molecule has 0 spiro atoms. The minimum atomic E-state index is -0.530. The lowest BCUT2D eigenvalue weighted by Gasteiger charge is -2.08. The van der Waals surface area contributed by atoms with Crippen LogP contribution < -0.4 is 11.1 Å². The first-order valence-electron chi connectivity index (χ1n) is 5.93. The number of carbonyl (C=O) groups excluding carboxylic acids is 2. The van der Waals surface area contributed by atoms with Crippen molar-refractivity contribution in [3.8, 4) is 0 Å². The van der Waals surface area contributed by atoms with Crippen LogP contribution in [0.2, 0.25) is 5.02 Å². The molecule has 7 nitrogen and oxygen atoms in total. The van der Waals surface area contributed by atoms with E-state index in [-0.39, 0.29) is 27.7 Å². The average Bonchev–Trinajstić information content (AvgIpc) is 2.80. The molecule has 1 aromatic heterocycles. The fourth-order valence-corrected chi connectivity index (χ4v) is 1.82. The highest BCUT2D eigenvalue weighted by Gasteiger charge is 2.17. The second-order valence-corrected chi connectivity index (χ2v) is 4.66. The van der Waals surface area contributed by atoms with Gasteiger partial charge in [0.15, 0.2) is 5.69 Å². The Hall–Kier alpha value is -2.54. The molecule has 0 saturated heterocycles. The number of aromatic amines is 1. The Morgan fingerprint density at radius 3 is 2.71 bits per heavy atom. The normalized spacial score (nSPS) is 10.2. The zero-order chi connectivity index (χ0) is 15.6. The monoisotopic (exact) mass is 308 g/mol. The molecule has 1 heterocycles. The number of rotatable bonds is 3. The van der Waals surface area contributed by atoms with Crippen molar-refractivity contribution in [3.05, 3.63) is 40.2 Å². The number of ether oxygens (including phenoxy) is 1. The van der Waals surface area contributed by atoms with Gasteiger partial charge in [-0.3, -0.25) is 9.89 Å². The number of carbonyl (C=O) groups is 2. The van der Waals surface area contributed by atoms with Crippen LogP contribution in [0.1, 0.15) is 26.5 Å². The maximum Gasteiger partial charge on any atom is 0.337 e. The number of halogens is 1. The van der Waals surface area contributed by atoms with Crippen molar-refractivity contribution in [2.45, 2.75) is 6.92 Å². The second-order valence-electron chi connectivity index (χ2n) is 4.25. The van der Waals surface area contributed by atoms with Gasteiger partial charge < -0.3 is 15.8 Å². The second kappa shape index (κ2) is 5.84. The van der Waals surface area contributed by atoms with E-state index < -0.39 is 11.9 Å². The quantitative estimate of drug-likeness (QED) is 0.751. The Kier molecular flexibility index (Phi) is 4.13. The lowest BCUT2D eigenvalue weighted by molar-refractivity contribution is 0.0600. The van der Waals surface area contributed by atoms with Gasteiger partial charge in [-0.2, -0.15) is 5.10 Å². The topological polar surface area (TPSA) is 110 Å². The lowest BCUT2D eigenvalue weighted by Crippen LogP contribution is -2.15. The molecular weight excluding hydrogens is 296 g/mol. The van der Waals surface area contributed by atoms with Crippen molar-refractivity contribution >= 4 is 34.9 Å². The van der Waals surface area contributed by atoms with Gasteiger partial charge in [0.05, 0.1) is 34.8 Å². The van der Waals surface area contributed by atoms with E-state index in [1.165, 1.54) is 25.3 Å². The van der Waals surface area contributed by atoms with Crippen LogP contribution in [0.5, 0.6) is 0 Å². The number of hydrogen-bond acceptors (Lipinski definition) is 5. The van der Waals surface area contributed by atoms with Gasteiger partial charge in [-0.05, 0) is 25.1 Å². The number of anilines is 2. The first-order valence-corrected chi connectivity index (χ1v) is 6.31. The first kappa shape index (κ1) is 14.9. The summed E-state index contributed by atoms with van der Waals surface area (Å²) in [5.74, 6) is -1.06. The van der Waals surface area contributed by atoms with Gasteiger partial charge in [-0.1, -0.05) is 11.6 Å². The van der Waals surface area contributed by atoms with Crippen LogP contribution in [0.25, 0.3) is 0 Å². The van der Waals surface area contributed by atoms with E-state index in [2.05, 4.69) is 20.3 Å². The molecule has 2 rings (SSSR count). The molecule has 8 heteroatoms. The molecule has 1 aromatic carbocycles. The van der Waals surface area contributed by atoms with Crippen molar-refractivity contribution in [1.29, 1.82) is 0 Å². The molecule has 4 N–H and O–H groups in total. The van der Waals surface area contributed by atoms with Crippen LogP contribution in [0.3, 0.4) is 0 Å². The minimum Gasteiger partial charge on any atom is -0.465 e. The van der Waals surface area contributed by atoms with Crippen molar-refractivity contribution in [2.24, 2.45) is 0 Å². The number of H-pyrrole nitrogens is 1. The van der Waals surface area contributed by atoms with Crippen molar-refractivity contribution < 1.29 is 14.3 Å². The Labute approximate surface area is 125 Å². The van der Waals surface area contributed by atoms with Crippen LogP contribution in [0, 0.1) is 6.92 Å². The number of esters is 1. The van der Waals surface area contributed by atoms with Gasteiger partial charge in [0.1, 0.15) is 0 Å². The Bertz CT molecular complexity index is 711. The number of methoxy groups -OCH3 is 1. The van der Waals surface area contributed by atoms with Gasteiger partial charge >= 0.3 is 5.97 Å². The van der Waals surface area contributed by atoms with E-state index >= 15 is 0 Å². The number of nitrogens with one attached hydrogen (secondary N) is 2. The molecule has 0 saturated carbocycles. The summed E-state index contributed by atoms with van der Waals surface area (Å²) < 4.78 is 4.61. The summed E-state index contributed by atoms with van der Waals surface area (Å²) in [5, 5.41) is 9.27. The Morgan fingerprint density at radius 1 is 1.43 bits per heavy atom. The standard InChI is InChI=1S/C13H13ClN4O3/c1-6-10(15)11(18-17-6)12(19)16-9-5-7(13(20)21-2)3-4-8(9)14/h3-5H,15H2,1-2H3,(H,16,19)(H,17,18). The molecule has 0 unspecified atom stereocenters. The molecule has 21 heavy (non-hydrogen) atoms. The molecule has 0 atom stereocenters. The first-order chi connectivity index (χ1) is 9.93. The highest BCUT2D eigenvalue weighted by Crippen LogP contribution is 2.24. The molecule has 0 aliphatic carbocycles.